The van der Waals surface area contributed by atoms with Crippen molar-refractivity contribution in [2.24, 2.45) is 0 Å². The van der Waals surface area contributed by atoms with Gasteiger partial charge in [0, 0.05) is 19.5 Å². The third-order valence-corrected chi connectivity index (χ3v) is 4.94. The van der Waals surface area contributed by atoms with Gasteiger partial charge < -0.3 is 14.2 Å². The smallest absolute Gasteiger partial charge is 0.240 e. The maximum atomic E-state index is 6.21. The van der Waals surface area contributed by atoms with E-state index in [4.69, 9.17) is 9.26 Å². The zero-order valence-electron chi connectivity index (χ0n) is 16.4. The Kier molecular flexibility index (Phi) is 5.58. The summed E-state index contributed by atoms with van der Waals surface area (Å²) in [5.74, 6) is 2.31. The number of aromatic nitrogens is 2. The molecule has 0 saturated heterocycles. The van der Waals surface area contributed by atoms with E-state index in [1.807, 2.05) is 30.3 Å². The van der Waals surface area contributed by atoms with E-state index in [2.05, 4.69) is 58.2 Å². The van der Waals surface area contributed by atoms with Crippen LogP contribution in [0.2, 0.25) is 0 Å². The monoisotopic (exact) mass is 378 g/mol. The fraction of sp³-hybridized carbons (Fsp3) is 0.364. The van der Waals surface area contributed by atoms with Crippen LogP contribution >= 0.6 is 0 Å². The first-order chi connectivity index (χ1) is 13.7. The molecule has 1 aliphatic heterocycles. The number of hydrogen-bond donors (Lipinski definition) is 0. The number of benzene rings is 2. The summed E-state index contributed by atoms with van der Waals surface area (Å²) in [7, 11) is 2.06. The SMILES string of the molecule is CCN1C[C@@H](CN(C)Cc2nc(Cc3ccccc3)no2)Oc2ccccc21. The first-order valence-corrected chi connectivity index (χ1v) is 9.76. The molecule has 0 amide bonds. The van der Waals surface area contributed by atoms with Crippen molar-refractivity contribution >= 4 is 5.69 Å². The molecule has 0 unspecified atom stereocenters. The Balaban J connectivity index is 1.34. The van der Waals surface area contributed by atoms with E-state index >= 15 is 0 Å². The van der Waals surface area contributed by atoms with Crippen molar-refractivity contribution in [3.05, 3.63) is 71.9 Å². The van der Waals surface area contributed by atoms with Gasteiger partial charge in [0.25, 0.3) is 0 Å². The van der Waals surface area contributed by atoms with Gasteiger partial charge >= 0.3 is 0 Å². The standard InChI is InChI=1S/C22H26N4O2/c1-3-26-15-18(27-20-12-8-7-11-19(20)26)14-25(2)16-22-23-21(24-28-22)13-17-9-5-4-6-10-17/h4-12,18H,3,13-16H2,1-2H3/t18-/m1/s1. The van der Waals surface area contributed by atoms with Crippen LogP contribution in [0.15, 0.2) is 59.1 Å². The maximum Gasteiger partial charge on any atom is 0.240 e. The lowest BCUT2D eigenvalue weighted by molar-refractivity contribution is 0.133. The van der Waals surface area contributed by atoms with Crippen molar-refractivity contribution in [2.45, 2.75) is 26.0 Å². The van der Waals surface area contributed by atoms with Crippen LogP contribution in [0.4, 0.5) is 5.69 Å². The molecule has 146 valence electrons. The molecule has 1 aromatic heterocycles. The Morgan fingerprint density at radius 1 is 1.11 bits per heavy atom. The molecule has 0 N–H and O–H groups in total. The van der Waals surface area contributed by atoms with Crippen LogP contribution in [0.1, 0.15) is 24.2 Å². The van der Waals surface area contributed by atoms with E-state index in [0.717, 1.165) is 31.2 Å². The van der Waals surface area contributed by atoms with Gasteiger partial charge in [-0.2, -0.15) is 4.98 Å². The van der Waals surface area contributed by atoms with Crippen LogP contribution < -0.4 is 9.64 Å². The first-order valence-electron chi connectivity index (χ1n) is 9.76. The number of likely N-dealkylation sites (N-methyl/N-ethyl adjacent to an activating group) is 2. The van der Waals surface area contributed by atoms with E-state index in [1.165, 1.54) is 11.3 Å². The maximum absolute atomic E-state index is 6.21. The minimum absolute atomic E-state index is 0.103. The molecular weight excluding hydrogens is 352 g/mol. The summed E-state index contributed by atoms with van der Waals surface area (Å²) >= 11 is 0. The molecule has 1 atom stereocenters. The quantitative estimate of drug-likeness (QED) is 0.628. The molecule has 2 heterocycles. The molecule has 0 radical (unpaired) electrons. The largest absolute Gasteiger partial charge is 0.485 e. The molecule has 0 fully saturated rings. The van der Waals surface area contributed by atoms with E-state index in [1.54, 1.807) is 0 Å². The third kappa shape index (κ3) is 4.34. The number of rotatable bonds is 7. The van der Waals surface area contributed by atoms with Crippen molar-refractivity contribution in [3.8, 4) is 5.75 Å². The van der Waals surface area contributed by atoms with Crippen molar-refractivity contribution in [3.63, 3.8) is 0 Å². The van der Waals surface area contributed by atoms with E-state index in [-0.39, 0.29) is 6.10 Å². The van der Waals surface area contributed by atoms with Crippen LogP contribution in [0.3, 0.4) is 0 Å². The third-order valence-electron chi connectivity index (χ3n) is 4.94. The van der Waals surface area contributed by atoms with Gasteiger partial charge in [0.15, 0.2) is 5.82 Å². The number of ether oxygens (including phenoxy) is 1. The van der Waals surface area contributed by atoms with Gasteiger partial charge in [0.2, 0.25) is 5.89 Å². The van der Waals surface area contributed by atoms with Crippen molar-refractivity contribution in [2.75, 3.05) is 31.6 Å². The van der Waals surface area contributed by atoms with Crippen LogP contribution in [-0.4, -0.2) is 47.8 Å². The predicted molar refractivity (Wildman–Crippen MR) is 109 cm³/mol. The molecule has 28 heavy (non-hydrogen) atoms. The van der Waals surface area contributed by atoms with E-state index in [9.17, 15) is 0 Å². The minimum atomic E-state index is 0.103. The van der Waals surface area contributed by atoms with Crippen molar-refractivity contribution in [1.82, 2.24) is 15.0 Å². The van der Waals surface area contributed by atoms with Gasteiger partial charge in [-0.15, -0.1) is 0 Å². The summed E-state index contributed by atoms with van der Waals surface area (Å²) in [6.07, 6.45) is 0.786. The Hall–Kier alpha value is -2.86. The minimum Gasteiger partial charge on any atom is -0.485 e. The predicted octanol–water partition coefficient (Wildman–Crippen LogP) is 3.38. The summed E-state index contributed by atoms with van der Waals surface area (Å²) in [6.45, 7) is 5.42. The number of nitrogens with zero attached hydrogens (tertiary/aromatic N) is 4. The zero-order chi connectivity index (χ0) is 19.3. The number of para-hydroxylation sites is 2. The number of anilines is 1. The van der Waals surface area contributed by atoms with Crippen molar-refractivity contribution in [1.29, 1.82) is 0 Å². The van der Waals surface area contributed by atoms with Gasteiger partial charge in [-0.25, -0.2) is 0 Å². The van der Waals surface area contributed by atoms with Gasteiger partial charge in [-0.3, -0.25) is 4.90 Å². The molecule has 1 aliphatic rings. The highest BCUT2D eigenvalue weighted by Crippen LogP contribution is 2.32. The number of fused-ring (bicyclic) bond motifs is 1. The van der Waals surface area contributed by atoms with Crippen LogP contribution in [0.25, 0.3) is 0 Å². The van der Waals surface area contributed by atoms with Gasteiger partial charge in [-0.1, -0.05) is 47.6 Å². The Labute approximate surface area is 165 Å². The fourth-order valence-corrected chi connectivity index (χ4v) is 3.62. The van der Waals surface area contributed by atoms with E-state index in [0.29, 0.717) is 18.9 Å². The topological polar surface area (TPSA) is 54.6 Å². The molecule has 4 rings (SSSR count). The molecule has 6 nitrogen and oxygen atoms in total. The molecule has 6 heteroatoms. The van der Waals surface area contributed by atoms with Gasteiger partial charge in [-0.05, 0) is 31.7 Å². The molecule has 0 saturated carbocycles. The first kappa shape index (κ1) is 18.5. The highest BCUT2D eigenvalue weighted by atomic mass is 16.5. The highest BCUT2D eigenvalue weighted by Gasteiger charge is 2.25. The second-order valence-corrected chi connectivity index (χ2v) is 7.21. The lowest BCUT2D eigenvalue weighted by Crippen LogP contribution is -2.45. The van der Waals surface area contributed by atoms with Crippen LogP contribution in [0, 0.1) is 0 Å². The van der Waals surface area contributed by atoms with Crippen LogP contribution in [-0.2, 0) is 13.0 Å². The summed E-state index contributed by atoms with van der Waals surface area (Å²) in [6, 6.07) is 18.4. The Morgan fingerprint density at radius 3 is 2.71 bits per heavy atom. The lowest BCUT2D eigenvalue weighted by Gasteiger charge is -2.37. The van der Waals surface area contributed by atoms with Gasteiger partial charge in [0.05, 0.1) is 18.8 Å². The van der Waals surface area contributed by atoms with Gasteiger partial charge in [0.1, 0.15) is 11.9 Å². The highest BCUT2D eigenvalue weighted by molar-refractivity contribution is 5.60. The summed E-state index contributed by atoms with van der Waals surface area (Å²) in [4.78, 5) is 9.07. The summed E-state index contributed by atoms with van der Waals surface area (Å²) < 4.78 is 11.6. The summed E-state index contributed by atoms with van der Waals surface area (Å²) in [5.41, 5.74) is 2.35. The Bertz CT molecular complexity index is 896. The second-order valence-electron chi connectivity index (χ2n) is 7.21. The van der Waals surface area contributed by atoms with Crippen molar-refractivity contribution < 1.29 is 9.26 Å². The normalized spacial score (nSPS) is 16.1. The fourth-order valence-electron chi connectivity index (χ4n) is 3.62. The van der Waals surface area contributed by atoms with Crippen LogP contribution in [0.5, 0.6) is 5.75 Å². The average molecular weight is 378 g/mol. The molecule has 2 aromatic carbocycles. The summed E-state index contributed by atoms with van der Waals surface area (Å²) in [5, 5.41) is 4.11. The molecule has 0 spiro atoms. The number of hydrogen-bond acceptors (Lipinski definition) is 6. The van der Waals surface area contributed by atoms with E-state index < -0.39 is 0 Å². The lowest BCUT2D eigenvalue weighted by atomic mass is 10.1. The zero-order valence-corrected chi connectivity index (χ0v) is 16.4. The second kappa shape index (κ2) is 8.44. The Morgan fingerprint density at radius 2 is 1.89 bits per heavy atom. The average Bonchev–Trinajstić information content (AvgIpc) is 3.14. The molecule has 0 aliphatic carbocycles. The molecular formula is C22H26N4O2. The molecule has 0 bridgehead atoms. The molecule has 3 aromatic rings.